The second kappa shape index (κ2) is 8.28. The molecule has 33 heavy (non-hydrogen) atoms. The van der Waals surface area contributed by atoms with Gasteiger partial charge >= 0.3 is 0 Å². The fourth-order valence-corrected chi connectivity index (χ4v) is 4.99. The summed E-state index contributed by atoms with van der Waals surface area (Å²) in [5, 5.41) is 0.942. The lowest BCUT2D eigenvalue weighted by Crippen LogP contribution is -2.39. The third-order valence-electron chi connectivity index (χ3n) is 6.63. The quantitative estimate of drug-likeness (QED) is 0.593. The van der Waals surface area contributed by atoms with Crippen molar-refractivity contribution in [2.75, 3.05) is 24.5 Å². The lowest BCUT2D eigenvalue weighted by atomic mass is 10.0. The minimum atomic E-state index is 0.0181. The van der Waals surface area contributed by atoms with Gasteiger partial charge in [-0.05, 0) is 56.9 Å². The Morgan fingerprint density at radius 2 is 2.00 bits per heavy atom. The Hall–Kier alpha value is -3.22. The molecule has 0 unspecified atom stereocenters. The number of carbonyl (C=O) groups is 2. The molecular weight excluding hydrogens is 416 g/mol. The van der Waals surface area contributed by atoms with Crippen LogP contribution in [0.1, 0.15) is 65.8 Å². The number of nitrogens with zero attached hydrogens (tertiary/aromatic N) is 4. The number of fused-ring (bicyclic) bond motifs is 2. The first kappa shape index (κ1) is 21.6. The minimum Gasteiger partial charge on any atom is -0.461 e. The van der Waals surface area contributed by atoms with E-state index in [2.05, 4.69) is 13.8 Å². The SMILES string of the molecule is Cc1cc2cc(C(=O)N3CC[C@@H](c4nc(C)c5c(n4)N(CC(C)C)C(=O)CC5)C3)ccc2o1. The fourth-order valence-electron chi connectivity index (χ4n) is 4.99. The number of aryl methyl sites for hydroxylation is 2. The summed E-state index contributed by atoms with van der Waals surface area (Å²) in [5.74, 6) is 2.92. The van der Waals surface area contributed by atoms with E-state index in [1.807, 2.05) is 47.9 Å². The van der Waals surface area contributed by atoms with Crippen LogP contribution in [0, 0.1) is 19.8 Å². The van der Waals surface area contributed by atoms with Crippen LogP contribution in [-0.4, -0.2) is 46.3 Å². The van der Waals surface area contributed by atoms with Crippen molar-refractivity contribution in [3.63, 3.8) is 0 Å². The van der Waals surface area contributed by atoms with Crippen LogP contribution in [0.2, 0.25) is 0 Å². The molecule has 2 aromatic heterocycles. The second-order valence-corrected chi connectivity index (χ2v) is 9.71. The molecule has 1 atom stereocenters. The molecule has 2 amide bonds. The van der Waals surface area contributed by atoms with E-state index in [0.717, 1.165) is 46.0 Å². The van der Waals surface area contributed by atoms with Crippen molar-refractivity contribution in [2.45, 2.75) is 52.9 Å². The molecule has 4 heterocycles. The molecule has 2 aliphatic rings. The number of furan rings is 1. The molecule has 0 N–H and O–H groups in total. The van der Waals surface area contributed by atoms with Crippen LogP contribution >= 0.6 is 0 Å². The zero-order valence-corrected chi connectivity index (χ0v) is 19.7. The Bertz CT molecular complexity index is 1250. The van der Waals surface area contributed by atoms with E-state index in [0.29, 0.717) is 44.0 Å². The molecule has 7 heteroatoms. The molecule has 1 fully saturated rings. The molecule has 7 nitrogen and oxygen atoms in total. The molecule has 1 aromatic carbocycles. The zero-order chi connectivity index (χ0) is 23.3. The summed E-state index contributed by atoms with van der Waals surface area (Å²) in [6, 6.07) is 7.54. The third-order valence-corrected chi connectivity index (χ3v) is 6.63. The van der Waals surface area contributed by atoms with Gasteiger partial charge in [0.05, 0.1) is 0 Å². The molecule has 1 saturated heterocycles. The van der Waals surface area contributed by atoms with Gasteiger partial charge in [-0.2, -0.15) is 0 Å². The van der Waals surface area contributed by atoms with Gasteiger partial charge in [-0.25, -0.2) is 9.97 Å². The van der Waals surface area contributed by atoms with Crippen LogP contribution in [-0.2, 0) is 11.2 Å². The number of amides is 2. The predicted octanol–water partition coefficient (Wildman–Crippen LogP) is 4.40. The maximum atomic E-state index is 13.2. The summed E-state index contributed by atoms with van der Waals surface area (Å²) in [7, 11) is 0. The van der Waals surface area contributed by atoms with Crippen LogP contribution < -0.4 is 4.90 Å². The molecule has 0 bridgehead atoms. The van der Waals surface area contributed by atoms with Gasteiger partial charge in [0, 0.05) is 54.2 Å². The molecule has 0 saturated carbocycles. The first-order valence-electron chi connectivity index (χ1n) is 11.8. The molecule has 3 aromatic rings. The largest absolute Gasteiger partial charge is 0.461 e. The Labute approximate surface area is 193 Å². The topological polar surface area (TPSA) is 79.5 Å². The Morgan fingerprint density at radius 1 is 1.18 bits per heavy atom. The molecule has 172 valence electrons. The van der Waals surface area contributed by atoms with Crippen molar-refractivity contribution in [3.05, 3.63) is 52.7 Å². The maximum Gasteiger partial charge on any atom is 0.253 e. The van der Waals surface area contributed by atoms with Gasteiger partial charge in [0.15, 0.2) is 0 Å². The number of carbonyl (C=O) groups excluding carboxylic acids is 2. The van der Waals surface area contributed by atoms with Gasteiger partial charge in [-0.1, -0.05) is 13.8 Å². The van der Waals surface area contributed by atoms with Crippen molar-refractivity contribution in [1.82, 2.24) is 14.9 Å². The number of anilines is 1. The number of benzene rings is 1. The number of hydrogen-bond donors (Lipinski definition) is 0. The highest BCUT2D eigenvalue weighted by Crippen LogP contribution is 2.33. The fraction of sp³-hybridized carbons (Fsp3) is 0.462. The van der Waals surface area contributed by atoms with Crippen molar-refractivity contribution < 1.29 is 14.0 Å². The predicted molar refractivity (Wildman–Crippen MR) is 126 cm³/mol. The first-order valence-corrected chi connectivity index (χ1v) is 11.8. The normalized spacial score (nSPS) is 18.5. The van der Waals surface area contributed by atoms with E-state index in [9.17, 15) is 9.59 Å². The van der Waals surface area contributed by atoms with Crippen LogP contribution in [0.3, 0.4) is 0 Å². The summed E-state index contributed by atoms with van der Waals surface area (Å²) in [4.78, 5) is 39.3. The van der Waals surface area contributed by atoms with Crippen molar-refractivity contribution in [2.24, 2.45) is 5.92 Å². The van der Waals surface area contributed by atoms with Gasteiger partial charge in [-0.15, -0.1) is 0 Å². The van der Waals surface area contributed by atoms with Crippen molar-refractivity contribution >= 4 is 28.6 Å². The van der Waals surface area contributed by atoms with Crippen LogP contribution in [0.4, 0.5) is 5.82 Å². The summed E-state index contributed by atoms with van der Waals surface area (Å²) in [6.07, 6.45) is 2.02. The zero-order valence-electron chi connectivity index (χ0n) is 19.7. The molecule has 5 rings (SSSR count). The van der Waals surface area contributed by atoms with Crippen LogP contribution in [0.5, 0.6) is 0 Å². The lowest BCUT2D eigenvalue weighted by molar-refractivity contribution is -0.119. The van der Waals surface area contributed by atoms with Gasteiger partial charge < -0.3 is 9.32 Å². The number of rotatable bonds is 4. The summed E-state index contributed by atoms with van der Waals surface area (Å²) >= 11 is 0. The van der Waals surface area contributed by atoms with Gasteiger partial charge in [0.2, 0.25) is 5.91 Å². The highest BCUT2D eigenvalue weighted by molar-refractivity contribution is 5.98. The van der Waals surface area contributed by atoms with E-state index in [1.54, 1.807) is 0 Å². The second-order valence-electron chi connectivity index (χ2n) is 9.71. The minimum absolute atomic E-state index is 0.0181. The summed E-state index contributed by atoms with van der Waals surface area (Å²) in [6.45, 7) is 10.0. The van der Waals surface area contributed by atoms with E-state index in [1.165, 1.54) is 0 Å². The highest BCUT2D eigenvalue weighted by atomic mass is 16.3. The van der Waals surface area contributed by atoms with Gasteiger partial charge in [0.1, 0.15) is 23.0 Å². The van der Waals surface area contributed by atoms with Crippen LogP contribution in [0.25, 0.3) is 11.0 Å². The molecule has 0 radical (unpaired) electrons. The summed E-state index contributed by atoms with van der Waals surface area (Å²) < 4.78 is 5.63. The maximum absolute atomic E-state index is 13.2. The molecule has 2 aliphatic heterocycles. The van der Waals surface area contributed by atoms with Crippen molar-refractivity contribution in [3.8, 4) is 0 Å². The molecule has 0 spiro atoms. The standard InChI is InChI=1S/C26H30N4O3/c1-15(2)13-30-23(31)8-6-21-17(4)27-24(28-25(21)30)19-9-10-29(14-19)26(32)18-5-7-22-20(12-18)11-16(3)33-22/h5,7,11-12,15,19H,6,8-10,13-14H2,1-4H3/t19-/m1/s1. The molecule has 0 aliphatic carbocycles. The summed E-state index contributed by atoms with van der Waals surface area (Å²) in [5.41, 5.74) is 3.48. The smallest absolute Gasteiger partial charge is 0.253 e. The van der Waals surface area contributed by atoms with E-state index in [4.69, 9.17) is 14.4 Å². The average molecular weight is 447 g/mol. The first-order chi connectivity index (χ1) is 15.8. The number of hydrogen-bond acceptors (Lipinski definition) is 5. The molecular formula is C26H30N4O3. The van der Waals surface area contributed by atoms with E-state index >= 15 is 0 Å². The van der Waals surface area contributed by atoms with E-state index in [-0.39, 0.29) is 17.7 Å². The monoisotopic (exact) mass is 446 g/mol. The average Bonchev–Trinajstić information content (AvgIpc) is 3.40. The highest BCUT2D eigenvalue weighted by Gasteiger charge is 2.33. The van der Waals surface area contributed by atoms with E-state index < -0.39 is 0 Å². The Balaban J connectivity index is 1.38. The Kier molecular flexibility index (Phi) is 5.43. The number of likely N-dealkylation sites (tertiary alicyclic amines) is 1. The van der Waals surface area contributed by atoms with Crippen molar-refractivity contribution in [1.29, 1.82) is 0 Å². The number of aromatic nitrogens is 2. The lowest BCUT2D eigenvalue weighted by Gasteiger charge is -2.31. The van der Waals surface area contributed by atoms with Crippen LogP contribution in [0.15, 0.2) is 28.7 Å². The van der Waals surface area contributed by atoms with Gasteiger partial charge in [-0.3, -0.25) is 14.5 Å². The third kappa shape index (κ3) is 4.01. The Morgan fingerprint density at radius 3 is 2.79 bits per heavy atom. The van der Waals surface area contributed by atoms with Gasteiger partial charge in [0.25, 0.3) is 5.91 Å².